The highest BCUT2D eigenvalue weighted by Crippen LogP contribution is 2.55. The van der Waals surface area contributed by atoms with Gasteiger partial charge in [0.1, 0.15) is 0 Å². The van der Waals surface area contributed by atoms with E-state index >= 15 is 0 Å². The van der Waals surface area contributed by atoms with Crippen LogP contribution in [0.3, 0.4) is 0 Å². The SMILES string of the molecule is CC(C)C1C2CN(C(C)CCC(C)N3CCN(C(C)C)CC3)CC21. The van der Waals surface area contributed by atoms with Gasteiger partial charge in [-0.1, -0.05) is 13.8 Å². The van der Waals surface area contributed by atoms with E-state index in [-0.39, 0.29) is 0 Å². The lowest BCUT2D eigenvalue weighted by Gasteiger charge is -2.40. The predicted molar refractivity (Wildman–Crippen MR) is 103 cm³/mol. The van der Waals surface area contributed by atoms with Crippen molar-refractivity contribution in [3.63, 3.8) is 0 Å². The number of nitrogens with zero attached hydrogens (tertiary/aromatic N) is 3. The molecule has 0 N–H and O–H groups in total. The van der Waals surface area contributed by atoms with E-state index in [9.17, 15) is 0 Å². The van der Waals surface area contributed by atoms with Crippen LogP contribution in [-0.4, -0.2) is 72.1 Å². The molecule has 1 saturated carbocycles. The van der Waals surface area contributed by atoms with Crippen LogP contribution in [0, 0.1) is 23.7 Å². The minimum atomic E-state index is 0.707. The molecule has 3 fully saturated rings. The Hall–Kier alpha value is -0.120. The van der Waals surface area contributed by atoms with E-state index in [4.69, 9.17) is 0 Å². The maximum atomic E-state index is 2.79. The third kappa shape index (κ3) is 3.99. The van der Waals surface area contributed by atoms with Crippen molar-refractivity contribution < 1.29 is 0 Å². The molecule has 4 unspecified atom stereocenters. The average molecular weight is 336 g/mol. The van der Waals surface area contributed by atoms with Gasteiger partial charge in [-0.05, 0) is 64.2 Å². The van der Waals surface area contributed by atoms with Gasteiger partial charge in [0.25, 0.3) is 0 Å². The second kappa shape index (κ2) is 7.63. The molecule has 0 aromatic heterocycles. The quantitative estimate of drug-likeness (QED) is 0.706. The Morgan fingerprint density at radius 3 is 1.58 bits per heavy atom. The largest absolute Gasteiger partial charge is 0.300 e. The first kappa shape index (κ1) is 18.7. The molecule has 0 spiro atoms. The summed E-state index contributed by atoms with van der Waals surface area (Å²) in [4.78, 5) is 8.13. The van der Waals surface area contributed by atoms with Crippen molar-refractivity contribution in [2.45, 2.75) is 72.5 Å². The summed E-state index contributed by atoms with van der Waals surface area (Å²) in [5.41, 5.74) is 0. The van der Waals surface area contributed by atoms with Gasteiger partial charge in [0, 0.05) is 57.4 Å². The number of piperazine rings is 1. The third-order valence-electron chi connectivity index (χ3n) is 7.39. The van der Waals surface area contributed by atoms with E-state index in [1.165, 1.54) is 52.1 Å². The first-order valence-electron chi connectivity index (χ1n) is 10.6. The third-order valence-corrected chi connectivity index (χ3v) is 7.39. The number of hydrogen-bond donors (Lipinski definition) is 0. The summed E-state index contributed by atoms with van der Waals surface area (Å²) in [7, 11) is 0. The lowest BCUT2D eigenvalue weighted by atomic mass is 10.0. The Bertz CT molecular complexity index is 374. The molecule has 0 aromatic rings. The van der Waals surface area contributed by atoms with Gasteiger partial charge >= 0.3 is 0 Å². The second-order valence-electron chi connectivity index (χ2n) is 9.54. The predicted octanol–water partition coefficient (Wildman–Crippen LogP) is 3.40. The smallest absolute Gasteiger partial charge is 0.0113 e. The van der Waals surface area contributed by atoms with Crippen molar-refractivity contribution in [2.24, 2.45) is 23.7 Å². The van der Waals surface area contributed by atoms with Gasteiger partial charge in [0.05, 0.1) is 0 Å². The van der Waals surface area contributed by atoms with Gasteiger partial charge in [-0.2, -0.15) is 0 Å². The molecule has 3 heteroatoms. The maximum Gasteiger partial charge on any atom is 0.0113 e. The Kier molecular flexibility index (Phi) is 5.94. The van der Waals surface area contributed by atoms with E-state index < -0.39 is 0 Å². The number of rotatable bonds is 7. The van der Waals surface area contributed by atoms with Gasteiger partial charge < -0.3 is 4.90 Å². The zero-order valence-corrected chi connectivity index (χ0v) is 17.0. The topological polar surface area (TPSA) is 9.72 Å². The van der Waals surface area contributed by atoms with Crippen LogP contribution in [0.15, 0.2) is 0 Å². The van der Waals surface area contributed by atoms with Gasteiger partial charge in [0.2, 0.25) is 0 Å². The molecule has 3 aliphatic rings. The molecule has 1 aliphatic carbocycles. The molecule has 0 amide bonds. The number of likely N-dealkylation sites (tertiary alicyclic amines) is 1. The highest BCUT2D eigenvalue weighted by Gasteiger charge is 2.56. The van der Waals surface area contributed by atoms with Gasteiger partial charge in [-0.25, -0.2) is 0 Å². The van der Waals surface area contributed by atoms with Crippen LogP contribution < -0.4 is 0 Å². The molecule has 140 valence electrons. The van der Waals surface area contributed by atoms with Crippen molar-refractivity contribution in [1.82, 2.24) is 14.7 Å². The second-order valence-corrected chi connectivity index (χ2v) is 9.54. The summed E-state index contributed by atoms with van der Waals surface area (Å²) in [6.45, 7) is 22.2. The molecule has 2 aliphatic heterocycles. The Labute approximate surface area is 150 Å². The fourth-order valence-electron chi connectivity index (χ4n) is 5.50. The molecule has 0 radical (unpaired) electrons. The molecule has 3 rings (SSSR count). The summed E-state index contributed by atoms with van der Waals surface area (Å²) in [5.74, 6) is 4.02. The van der Waals surface area contributed by atoms with Crippen LogP contribution in [0.4, 0.5) is 0 Å². The fraction of sp³-hybridized carbons (Fsp3) is 1.00. The lowest BCUT2D eigenvalue weighted by Crippen LogP contribution is -2.51. The van der Waals surface area contributed by atoms with E-state index in [0.717, 1.165) is 35.8 Å². The van der Waals surface area contributed by atoms with Crippen molar-refractivity contribution in [2.75, 3.05) is 39.3 Å². The van der Waals surface area contributed by atoms with E-state index in [0.29, 0.717) is 6.04 Å². The van der Waals surface area contributed by atoms with Crippen molar-refractivity contribution in [3.05, 3.63) is 0 Å². The Balaban J connectivity index is 1.34. The summed E-state index contributed by atoms with van der Waals surface area (Å²) < 4.78 is 0. The van der Waals surface area contributed by atoms with Crippen LogP contribution >= 0.6 is 0 Å². The first-order chi connectivity index (χ1) is 11.4. The van der Waals surface area contributed by atoms with Crippen LogP contribution in [0.2, 0.25) is 0 Å². The molecule has 0 bridgehead atoms. The van der Waals surface area contributed by atoms with Crippen molar-refractivity contribution in [1.29, 1.82) is 0 Å². The van der Waals surface area contributed by atoms with Crippen LogP contribution in [0.25, 0.3) is 0 Å². The lowest BCUT2D eigenvalue weighted by molar-refractivity contribution is 0.0763. The van der Waals surface area contributed by atoms with E-state index in [2.05, 4.69) is 56.2 Å². The molecule has 2 saturated heterocycles. The molecule has 0 aromatic carbocycles. The van der Waals surface area contributed by atoms with Crippen molar-refractivity contribution >= 4 is 0 Å². The van der Waals surface area contributed by atoms with Gasteiger partial charge in [-0.3, -0.25) is 9.80 Å². The van der Waals surface area contributed by atoms with E-state index in [1.54, 1.807) is 0 Å². The molecular weight excluding hydrogens is 294 g/mol. The first-order valence-corrected chi connectivity index (χ1v) is 10.6. The normalized spacial score (nSPS) is 34.8. The average Bonchev–Trinajstić information content (AvgIpc) is 3.07. The molecule has 4 atom stereocenters. The van der Waals surface area contributed by atoms with Crippen LogP contribution in [0.1, 0.15) is 54.4 Å². The molecule has 24 heavy (non-hydrogen) atoms. The zero-order valence-electron chi connectivity index (χ0n) is 17.0. The highest BCUT2D eigenvalue weighted by atomic mass is 15.3. The summed E-state index contributed by atoms with van der Waals surface area (Å²) in [5, 5.41) is 0. The zero-order chi connectivity index (χ0) is 17.4. The minimum Gasteiger partial charge on any atom is -0.300 e. The highest BCUT2D eigenvalue weighted by molar-refractivity contribution is 5.06. The fourth-order valence-corrected chi connectivity index (χ4v) is 5.50. The molecule has 2 heterocycles. The summed E-state index contributed by atoms with van der Waals surface area (Å²) in [6, 6.07) is 2.24. The van der Waals surface area contributed by atoms with Crippen molar-refractivity contribution in [3.8, 4) is 0 Å². The Morgan fingerprint density at radius 2 is 1.12 bits per heavy atom. The van der Waals surface area contributed by atoms with E-state index in [1.807, 2.05) is 0 Å². The van der Waals surface area contributed by atoms with Gasteiger partial charge in [-0.15, -0.1) is 0 Å². The van der Waals surface area contributed by atoms with Crippen LogP contribution in [0.5, 0.6) is 0 Å². The number of hydrogen-bond acceptors (Lipinski definition) is 3. The standard InChI is InChI=1S/C21H41N3/c1-15(2)21-19-13-24(14-20(19)21)18(6)8-7-17(5)23-11-9-22(10-12-23)16(3)4/h15-21H,7-14H2,1-6H3. The maximum absolute atomic E-state index is 2.79. The molecular formula is C21H41N3. The Morgan fingerprint density at radius 1 is 0.667 bits per heavy atom. The number of fused-ring (bicyclic) bond motifs is 1. The minimum absolute atomic E-state index is 0.707. The summed E-state index contributed by atoms with van der Waals surface area (Å²) >= 11 is 0. The molecule has 3 nitrogen and oxygen atoms in total. The summed E-state index contributed by atoms with van der Waals surface area (Å²) in [6.07, 6.45) is 2.74. The van der Waals surface area contributed by atoms with Crippen LogP contribution in [-0.2, 0) is 0 Å². The van der Waals surface area contributed by atoms with Gasteiger partial charge in [0.15, 0.2) is 0 Å². The number of piperidine rings is 1. The monoisotopic (exact) mass is 335 g/mol.